The second-order valence-electron chi connectivity index (χ2n) is 5.36. The molecule has 1 aromatic heterocycles. The minimum Gasteiger partial charge on any atom is -0.370 e. The molecular formula is C17H22FN3. The van der Waals surface area contributed by atoms with Gasteiger partial charge in [-0.15, -0.1) is 0 Å². The molecule has 4 heteroatoms. The molecule has 1 unspecified atom stereocenters. The molecule has 21 heavy (non-hydrogen) atoms. The first kappa shape index (κ1) is 15.4. The van der Waals surface area contributed by atoms with E-state index < -0.39 is 0 Å². The summed E-state index contributed by atoms with van der Waals surface area (Å²) in [4.78, 5) is 6.14. The van der Waals surface area contributed by atoms with E-state index in [2.05, 4.69) is 9.88 Å². The Kier molecular flexibility index (Phi) is 5.28. The predicted octanol–water partition coefficient (Wildman–Crippen LogP) is 3.14. The lowest BCUT2D eigenvalue weighted by atomic mass is 10.0. The zero-order valence-corrected chi connectivity index (χ0v) is 12.6. The molecule has 0 aliphatic heterocycles. The number of benzene rings is 1. The number of anilines is 1. The lowest BCUT2D eigenvalue weighted by Gasteiger charge is -2.24. The quantitative estimate of drug-likeness (QED) is 0.887. The van der Waals surface area contributed by atoms with Crippen LogP contribution in [0.15, 0.2) is 42.7 Å². The molecule has 3 nitrogen and oxygen atoms in total. The summed E-state index contributed by atoms with van der Waals surface area (Å²) < 4.78 is 13.5. The van der Waals surface area contributed by atoms with Crippen LogP contribution < -0.4 is 10.6 Å². The van der Waals surface area contributed by atoms with E-state index in [9.17, 15) is 4.39 Å². The van der Waals surface area contributed by atoms with Crippen molar-refractivity contribution >= 4 is 5.69 Å². The number of rotatable bonds is 6. The highest BCUT2D eigenvalue weighted by atomic mass is 19.1. The van der Waals surface area contributed by atoms with Crippen molar-refractivity contribution < 1.29 is 4.39 Å². The molecule has 0 spiro atoms. The van der Waals surface area contributed by atoms with Gasteiger partial charge in [-0.25, -0.2) is 4.39 Å². The van der Waals surface area contributed by atoms with Crippen LogP contribution in [0.3, 0.4) is 0 Å². The molecule has 1 aromatic carbocycles. The molecule has 1 heterocycles. The topological polar surface area (TPSA) is 42.1 Å². The second-order valence-corrected chi connectivity index (χ2v) is 5.36. The minimum absolute atomic E-state index is 0.0554. The van der Waals surface area contributed by atoms with Gasteiger partial charge in [-0.1, -0.05) is 6.92 Å². The van der Waals surface area contributed by atoms with E-state index in [1.807, 2.05) is 32.2 Å². The molecule has 112 valence electrons. The van der Waals surface area contributed by atoms with Crippen LogP contribution in [0.25, 0.3) is 0 Å². The summed E-state index contributed by atoms with van der Waals surface area (Å²) in [5, 5.41) is 0. The summed E-state index contributed by atoms with van der Waals surface area (Å²) in [5.41, 5.74) is 9.18. The van der Waals surface area contributed by atoms with Crippen LogP contribution in [-0.4, -0.2) is 18.1 Å². The van der Waals surface area contributed by atoms with Crippen LogP contribution in [-0.2, 0) is 13.0 Å². The van der Waals surface area contributed by atoms with Crippen molar-refractivity contribution in [2.45, 2.75) is 32.4 Å². The maximum Gasteiger partial charge on any atom is 0.123 e. The van der Waals surface area contributed by atoms with E-state index in [0.29, 0.717) is 6.42 Å². The maximum absolute atomic E-state index is 13.5. The Morgan fingerprint density at radius 2 is 1.95 bits per heavy atom. The van der Waals surface area contributed by atoms with Crippen LogP contribution in [0.2, 0.25) is 0 Å². The van der Waals surface area contributed by atoms with Crippen LogP contribution in [0.4, 0.5) is 10.1 Å². The van der Waals surface area contributed by atoms with E-state index in [0.717, 1.165) is 24.2 Å². The Labute approximate surface area is 125 Å². The Bertz CT molecular complexity index is 572. The summed E-state index contributed by atoms with van der Waals surface area (Å²) in [6.07, 6.45) is 5.12. The van der Waals surface area contributed by atoms with Gasteiger partial charge in [-0.2, -0.15) is 0 Å². The molecule has 2 aromatic rings. The Balaban J connectivity index is 2.21. The molecule has 2 rings (SSSR count). The van der Waals surface area contributed by atoms with Crippen LogP contribution >= 0.6 is 0 Å². The van der Waals surface area contributed by atoms with Crippen molar-refractivity contribution in [1.29, 1.82) is 0 Å². The predicted molar refractivity (Wildman–Crippen MR) is 84.7 cm³/mol. The molecular weight excluding hydrogens is 265 g/mol. The zero-order valence-electron chi connectivity index (χ0n) is 12.6. The van der Waals surface area contributed by atoms with Crippen molar-refractivity contribution in [2.24, 2.45) is 5.73 Å². The fourth-order valence-corrected chi connectivity index (χ4v) is 2.36. The third kappa shape index (κ3) is 4.26. The molecule has 0 bridgehead atoms. The van der Waals surface area contributed by atoms with Gasteiger partial charge >= 0.3 is 0 Å². The number of aromatic nitrogens is 1. The maximum atomic E-state index is 13.5. The summed E-state index contributed by atoms with van der Waals surface area (Å²) in [6.45, 7) is 2.80. The third-order valence-corrected chi connectivity index (χ3v) is 3.63. The van der Waals surface area contributed by atoms with Gasteiger partial charge in [-0.05, 0) is 54.3 Å². The van der Waals surface area contributed by atoms with Crippen molar-refractivity contribution in [2.75, 3.05) is 11.9 Å². The highest BCUT2D eigenvalue weighted by molar-refractivity contribution is 5.54. The van der Waals surface area contributed by atoms with Gasteiger partial charge in [0.05, 0.1) is 0 Å². The normalized spacial score (nSPS) is 12.2. The van der Waals surface area contributed by atoms with E-state index in [4.69, 9.17) is 5.73 Å². The highest BCUT2D eigenvalue weighted by Gasteiger charge is 2.12. The molecule has 0 fully saturated rings. The van der Waals surface area contributed by atoms with Gasteiger partial charge < -0.3 is 10.6 Å². The van der Waals surface area contributed by atoms with Crippen molar-refractivity contribution in [3.63, 3.8) is 0 Å². The zero-order chi connectivity index (χ0) is 15.2. The van der Waals surface area contributed by atoms with E-state index in [-0.39, 0.29) is 11.9 Å². The molecule has 0 aliphatic rings. The SMILES string of the molecule is CCC(N)Cc1cc(F)ccc1N(C)Cc1ccncc1. The monoisotopic (exact) mass is 287 g/mol. The van der Waals surface area contributed by atoms with Crippen molar-refractivity contribution in [1.82, 2.24) is 4.98 Å². The smallest absolute Gasteiger partial charge is 0.123 e. The van der Waals surface area contributed by atoms with Crippen molar-refractivity contribution in [3.05, 3.63) is 59.7 Å². The van der Waals surface area contributed by atoms with E-state index in [1.54, 1.807) is 18.5 Å². The fraction of sp³-hybridized carbons (Fsp3) is 0.353. The lowest BCUT2D eigenvalue weighted by Crippen LogP contribution is -2.24. The van der Waals surface area contributed by atoms with Crippen LogP contribution in [0, 0.1) is 5.82 Å². The van der Waals surface area contributed by atoms with Gasteiger partial charge in [0.1, 0.15) is 5.82 Å². The summed E-state index contributed by atoms with van der Waals surface area (Å²) in [7, 11) is 2.01. The first-order chi connectivity index (χ1) is 10.1. The van der Waals surface area contributed by atoms with E-state index in [1.165, 1.54) is 11.6 Å². The second kappa shape index (κ2) is 7.18. The summed E-state index contributed by atoms with van der Waals surface area (Å²) in [5.74, 6) is -0.214. The van der Waals surface area contributed by atoms with Gasteiger partial charge in [0.15, 0.2) is 0 Å². The van der Waals surface area contributed by atoms with Gasteiger partial charge in [0.2, 0.25) is 0 Å². The Morgan fingerprint density at radius 1 is 1.24 bits per heavy atom. The largest absolute Gasteiger partial charge is 0.370 e. The molecule has 0 radical (unpaired) electrons. The Morgan fingerprint density at radius 3 is 2.62 bits per heavy atom. The van der Waals surface area contributed by atoms with Gasteiger partial charge in [0, 0.05) is 37.7 Å². The number of halogens is 1. The number of nitrogens with zero attached hydrogens (tertiary/aromatic N) is 2. The Hall–Kier alpha value is -1.94. The minimum atomic E-state index is -0.214. The number of hydrogen-bond acceptors (Lipinski definition) is 3. The summed E-state index contributed by atoms with van der Waals surface area (Å²) in [6, 6.07) is 8.94. The lowest BCUT2D eigenvalue weighted by molar-refractivity contribution is 0.613. The van der Waals surface area contributed by atoms with Crippen LogP contribution in [0.5, 0.6) is 0 Å². The fourth-order valence-electron chi connectivity index (χ4n) is 2.36. The number of nitrogens with two attached hydrogens (primary N) is 1. The highest BCUT2D eigenvalue weighted by Crippen LogP contribution is 2.24. The number of hydrogen-bond donors (Lipinski definition) is 1. The molecule has 0 saturated carbocycles. The molecule has 0 amide bonds. The molecule has 0 saturated heterocycles. The van der Waals surface area contributed by atoms with Gasteiger partial charge in [-0.3, -0.25) is 4.98 Å². The molecule has 0 aliphatic carbocycles. The average Bonchev–Trinajstić information content (AvgIpc) is 2.48. The molecule has 1 atom stereocenters. The first-order valence-electron chi connectivity index (χ1n) is 7.24. The average molecular weight is 287 g/mol. The molecule has 2 N–H and O–H groups in total. The number of pyridine rings is 1. The van der Waals surface area contributed by atoms with E-state index >= 15 is 0 Å². The van der Waals surface area contributed by atoms with Crippen molar-refractivity contribution in [3.8, 4) is 0 Å². The summed E-state index contributed by atoms with van der Waals surface area (Å²) >= 11 is 0. The van der Waals surface area contributed by atoms with Crippen LogP contribution in [0.1, 0.15) is 24.5 Å². The van der Waals surface area contributed by atoms with Gasteiger partial charge in [0.25, 0.3) is 0 Å². The third-order valence-electron chi connectivity index (χ3n) is 3.63. The standard InChI is InChI=1S/C17H22FN3/c1-3-16(19)11-14-10-15(18)4-5-17(14)21(2)12-13-6-8-20-9-7-13/h4-10,16H,3,11-12,19H2,1-2H3. The first-order valence-corrected chi connectivity index (χ1v) is 7.24.